The standard InChI is InChI=1S/C41H59N5O6/c1-27(2)21-32(24-37(47)36(23-29-13-7-4-8-14-29)45-40(51)34(43)22-28-11-5-3-6-12-28)39(50)44-35(15-9-10-20-42)41(52)46-25-30-16-17-31(26-46)33(30)18-19-38(48)49/h3-8,11-14,27,30-36H,9-10,15-26,42-43H2,1-2H3,(H,44,50)(H,45,51)(H,48,49). The SMILES string of the molecule is CC(C)CC(CC(=O)C(Cc1ccccc1)NC(=O)C(N)Cc1ccccc1)C(=O)NC(CCCCN)C(=O)N1CC2CCC(C1)C2CCC(=O)O. The molecule has 2 fully saturated rings. The number of aliphatic carboxylic acids is 1. The van der Waals surface area contributed by atoms with E-state index in [4.69, 9.17) is 11.5 Å². The van der Waals surface area contributed by atoms with Crippen LogP contribution in [0.2, 0.25) is 0 Å². The van der Waals surface area contributed by atoms with Crippen molar-refractivity contribution in [2.24, 2.45) is 41.1 Å². The van der Waals surface area contributed by atoms with E-state index in [2.05, 4.69) is 10.6 Å². The molecule has 52 heavy (non-hydrogen) atoms. The van der Waals surface area contributed by atoms with Gasteiger partial charge < -0.3 is 32.1 Å². The molecule has 1 saturated heterocycles. The molecule has 11 nitrogen and oxygen atoms in total. The summed E-state index contributed by atoms with van der Waals surface area (Å²) in [4.78, 5) is 68.7. The van der Waals surface area contributed by atoms with Gasteiger partial charge in [-0.1, -0.05) is 74.5 Å². The van der Waals surface area contributed by atoms with Crippen molar-refractivity contribution in [3.05, 3.63) is 71.8 Å². The minimum atomic E-state index is -0.890. The molecule has 4 rings (SSSR count). The van der Waals surface area contributed by atoms with E-state index in [1.807, 2.05) is 79.4 Å². The fraction of sp³-hybridized carbons (Fsp3) is 0.585. The Morgan fingerprint density at radius 3 is 1.96 bits per heavy atom. The van der Waals surface area contributed by atoms with E-state index in [9.17, 15) is 29.1 Å². The van der Waals surface area contributed by atoms with Crippen LogP contribution in [0.3, 0.4) is 0 Å². The van der Waals surface area contributed by atoms with E-state index in [1.54, 1.807) is 0 Å². The Morgan fingerprint density at radius 2 is 1.40 bits per heavy atom. The van der Waals surface area contributed by atoms with Gasteiger partial charge in [-0.05, 0) is 99.1 Å². The zero-order valence-electron chi connectivity index (χ0n) is 30.9. The van der Waals surface area contributed by atoms with Crippen molar-refractivity contribution in [3.63, 3.8) is 0 Å². The lowest BCUT2D eigenvalue weighted by molar-refractivity contribution is -0.141. The first kappa shape index (κ1) is 40.7. The van der Waals surface area contributed by atoms with Crippen molar-refractivity contribution in [2.45, 2.75) is 103 Å². The lowest BCUT2D eigenvalue weighted by atomic mass is 9.81. The van der Waals surface area contributed by atoms with Crippen LogP contribution in [0.5, 0.6) is 0 Å². The summed E-state index contributed by atoms with van der Waals surface area (Å²) in [6.45, 7) is 5.58. The molecule has 2 bridgehead atoms. The number of unbranched alkanes of at least 4 members (excludes halogenated alkanes) is 1. The molecule has 7 N–H and O–H groups in total. The largest absolute Gasteiger partial charge is 0.481 e. The van der Waals surface area contributed by atoms with E-state index in [-0.39, 0.29) is 54.6 Å². The predicted octanol–water partition coefficient (Wildman–Crippen LogP) is 3.87. The van der Waals surface area contributed by atoms with Crippen LogP contribution in [0.25, 0.3) is 0 Å². The number of nitrogens with one attached hydrogen (secondary N) is 2. The lowest BCUT2D eigenvalue weighted by Gasteiger charge is -2.39. The van der Waals surface area contributed by atoms with E-state index in [0.717, 1.165) is 24.0 Å². The van der Waals surface area contributed by atoms with E-state index in [1.165, 1.54) is 0 Å². The first-order valence-electron chi connectivity index (χ1n) is 19.1. The summed E-state index contributed by atoms with van der Waals surface area (Å²) < 4.78 is 0. The van der Waals surface area contributed by atoms with Gasteiger partial charge in [-0.3, -0.25) is 24.0 Å². The molecule has 1 heterocycles. The third-order valence-corrected chi connectivity index (χ3v) is 10.8. The van der Waals surface area contributed by atoms with Crippen molar-refractivity contribution in [2.75, 3.05) is 19.6 Å². The van der Waals surface area contributed by atoms with E-state index in [0.29, 0.717) is 64.1 Å². The van der Waals surface area contributed by atoms with Gasteiger partial charge >= 0.3 is 5.97 Å². The molecule has 2 aliphatic rings. The van der Waals surface area contributed by atoms with Gasteiger partial charge in [-0.2, -0.15) is 0 Å². The highest BCUT2D eigenvalue weighted by molar-refractivity contribution is 5.95. The number of amides is 3. The second kappa shape index (κ2) is 20.2. The summed E-state index contributed by atoms with van der Waals surface area (Å²) in [5, 5.41) is 15.2. The second-order valence-corrected chi connectivity index (χ2v) is 15.3. The monoisotopic (exact) mass is 717 g/mol. The molecule has 6 unspecified atom stereocenters. The number of benzene rings is 2. The van der Waals surface area contributed by atoms with Crippen LogP contribution in [-0.2, 0) is 36.8 Å². The number of piperidine rings is 1. The van der Waals surface area contributed by atoms with Crippen LogP contribution >= 0.6 is 0 Å². The number of carboxylic acids is 1. The van der Waals surface area contributed by atoms with Gasteiger partial charge in [0.2, 0.25) is 17.7 Å². The molecule has 0 aromatic heterocycles. The summed E-state index contributed by atoms with van der Waals surface area (Å²) >= 11 is 0. The summed E-state index contributed by atoms with van der Waals surface area (Å²) in [7, 11) is 0. The number of rotatable bonds is 21. The van der Waals surface area contributed by atoms with Crippen LogP contribution in [0.4, 0.5) is 0 Å². The van der Waals surface area contributed by atoms with Crippen molar-refractivity contribution in [1.82, 2.24) is 15.5 Å². The Labute approximate surface area is 308 Å². The smallest absolute Gasteiger partial charge is 0.303 e. The normalized spacial score (nSPS) is 20.5. The lowest BCUT2D eigenvalue weighted by Crippen LogP contribution is -2.54. The van der Waals surface area contributed by atoms with Crippen molar-refractivity contribution < 1.29 is 29.1 Å². The number of fused-ring (bicyclic) bond motifs is 2. The van der Waals surface area contributed by atoms with Crippen molar-refractivity contribution in [1.29, 1.82) is 0 Å². The highest BCUT2D eigenvalue weighted by Gasteiger charge is 2.44. The Bertz CT molecular complexity index is 1460. The first-order valence-corrected chi connectivity index (χ1v) is 19.1. The highest BCUT2D eigenvalue weighted by atomic mass is 16.4. The van der Waals surface area contributed by atoms with Gasteiger partial charge in [0.05, 0.1) is 12.1 Å². The van der Waals surface area contributed by atoms with Crippen LogP contribution in [-0.4, -0.2) is 77.2 Å². The Morgan fingerprint density at radius 1 is 0.827 bits per heavy atom. The second-order valence-electron chi connectivity index (χ2n) is 15.3. The third-order valence-electron chi connectivity index (χ3n) is 10.8. The minimum Gasteiger partial charge on any atom is -0.481 e. The Kier molecular flexibility index (Phi) is 15.8. The maximum absolute atomic E-state index is 14.1. The maximum atomic E-state index is 14.1. The van der Waals surface area contributed by atoms with Gasteiger partial charge in [-0.25, -0.2) is 0 Å². The number of nitrogens with zero attached hydrogens (tertiary/aromatic N) is 1. The number of nitrogens with two attached hydrogens (primary N) is 2. The average Bonchev–Trinajstić information content (AvgIpc) is 3.35. The molecule has 284 valence electrons. The molecule has 2 aromatic carbocycles. The van der Waals surface area contributed by atoms with Gasteiger partial charge in [0.1, 0.15) is 6.04 Å². The zero-order valence-corrected chi connectivity index (χ0v) is 30.9. The van der Waals surface area contributed by atoms with Crippen LogP contribution in [0, 0.1) is 29.6 Å². The third kappa shape index (κ3) is 12.3. The summed E-state index contributed by atoms with van der Waals surface area (Å²) in [6.07, 6.45) is 5.42. The minimum absolute atomic E-state index is 0.0943. The topological polar surface area (TPSA) is 185 Å². The summed E-state index contributed by atoms with van der Waals surface area (Å²) in [5.41, 5.74) is 13.9. The Hall–Kier alpha value is -4.09. The molecule has 0 spiro atoms. The molecule has 3 amide bonds. The molecule has 6 atom stereocenters. The van der Waals surface area contributed by atoms with Gasteiger partial charge in [0, 0.05) is 31.8 Å². The van der Waals surface area contributed by atoms with E-state index >= 15 is 0 Å². The maximum Gasteiger partial charge on any atom is 0.303 e. The van der Waals surface area contributed by atoms with Crippen LogP contribution in [0.1, 0.15) is 82.8 Å². The fourth-order valence-electron chi connectivity index (χ4n) is 8.11. The molecule has 1 aliphatic carbocycles. The van der Waals surface area contributed by atoms with Gasteiger partial charge in [0.15, 0.2) is 5.78 Å². The number of Topliss-reactive ketones (excluding diaryl/α,β-unsaturated/α-hetero) is 1. The number of carbonyl (C=O) groups is 5. The van der Waals surface area contributed by atoms with Crippen LogP contribution in [0.15, 0.2) is 60.7 Å². The number of carboxylic acid groups (broad SMARTS) is 1. The summed E-state index contributed by atoms with van der Waals surface area (Å²) in [5.74, 6) is -1.78. The predicted molar refractivity (Wildman–Crippen MR) is 201 cm³/mol. The molecular formula is C41H59N5O6. The van der Waals surface area contributed by atoms with Crippen molar-refractivity contribution in [3.8, 4) is 0 Å². The molecule has 2 aromatic rings. The number of hydrogen-bond acceptors (Lipinski definition) is 7. The molecule has 11 heteroatoms. The number of carbonyl (C=O) groups excluding carboxylic acids is 4. The fourth-order valence-corrected chi connectivity index (χ4v) is 8.11. The number of likely N-dealkylation sites (tertiary alicyclic amines) is 1. The molecule has 1 aliphatic heterocycles. The first-order chi connectivity index (χ1) is 24.9. The van der Waals surface area contributed by atoms with Gasteiger partial charge in [0.25, 0.3) is 0 Å². The average molecular weight is 718 g/mol. The number of ketones is 1. The highest BCUT2D eigenvalue weighted by Crippen LogP contribution is 2.44. The van der Waals surface area contributed by atoms with Crippen LogP contribution < -0.4 is 22.1 Å². The van der Waals surface area contributed by atoms with E-state index < -0.39 is 35.9 Å². The van der Waals surface area contributed by atoms with Gasteiger partial charge in [-0.15, -0.1) is 0 Å². The molecule has 0 radical (unpaired) electrons. The number of hydrogen-bond donors (Lipinski definition) is 5. The van der Waals surface area contributed by atoms with Crippen molar-refractivity contribution >= 4 is 29.5 Å². The molecular weight excluding hydrogens is 658 g/mol. The Balaban J connectivity index is 1.47. The molecule has 1 saturated carbocycles. The summed E-state index contributed by atoms with van der Waals surface area (Å²) in [6, 6.07) is 16.4. The quantitative estimate of drug-likeness (QED) is 0.121. The zero-order chi connectivity index (χ0) is 37.6.